The van der Waals surface area contributed by atoms with Crippen molar-refractivity contribution in [2.45, 2.75) is 52.8 Å². The standard InChI is InChI=1S/C30H43N3O6/c1-19(34)24-16-33(39-18-24)15-20-9-8-10-26(27(20)38-7)21-11-22(13-23(12-21)29(36)37)28(35)31-25(17-32(5)6)14-30(2,3)4/h8-13,19,24-25,34H,14-18H2,1-7H3,(H,31,35)(H,36,37)/t19-,24-,25-/m0/s1. The Morgan fingerprint density at radius 3 is 2.46 bits per heavy atom. The van der Waals surface area contributed by atoms with Crippen molar-refractivity contribution >= 4 is 11.9 Å². The van der Waals surface area contributed by atoms with E-state index in [1.165, 1.54) is 6.07 Å². The molecule has 1 amide bonds. The van der Waals surface area contributed by atoms with Gasteiger partial charge in [-0.3, -0.25) is 9.63 Å². The van der Waals surface area contributed by atoms with E-state index in [2.05, 4.69) is 26.1 Å². The normalized spacial score (nSPS) is 17.7. The molecule has 0 aromatic heterocycles. The van der Waals surface area contributed by atoms with E-state index in [1.54, 1.807) is 31.2 Å². The van der Waals surface area contributed by atoms with Crippen molar-refractivity contribution < 1.29 is 29.4 Å². The molecule has 0 bridgehead atoms. The van der Waals surface area contributed by atoms with Gasteiger partial charge in [-0.2, -0.15) is 5.06 Å². The number of carbonyl (C=O) groups excluding carboxylic acids is 1. The second-order valence-corrected chi connectivity index (χ2v) is 11.9. The van der Waals surface area contributed by atoms with Crippen molar-refractivity contribution in [3.63, 3.8) is 0 Å². The number of likely N-dealkylation sites (N-methyl/N-ethyl adjacent to an activating group) is 1. The second-order valence-electron chi connectivity index (χ2n) is 11.9. The van der Waals surface area contributed by atoms with E-state index in [0.717, 1.165) is 12.0 Å². The van der Waals surface area contributed by atoms with Gasteiger partial charge in [-0.25, -0.2) is 4.79 Å². The first kappa shape index (κ1) is 30.6. The van der Waals surface area contributed by atoms with Gasteiger partial charge in [0.25, 0.3) is 5.91 Å². The van der Waals surface area contributed by atoms with E-state index in [-0.39, 0.29) is 34.4 Å². The number of benzene rings is 2. The molecule has 9 heteroatoms. The maximum Gasteiger partial charge on any atom is 0.335 e. The first-order valence-electron chi connectivity index (χ1n) is 13.3. The highest BCUT2D eigenvalue weighted by molar-refractivity contribution is 6.00. The number of ether oxygens (including phenoxy) is 1. The van der Waals surface area contributed by atoms with Gasteiger partial charge in [0.1, 0.15) is 5.75 Å². The zero-order valence-electron chi connectivity index (χ0n) is 24.2. The largest absolute Gasteiger partial charge is 0.496 e. The lowest BCUT2D eigenvalue weighted by Crippen LogP contribution is -2.43. The summed E-state index contributed by atoms with van der Waals surface area (Å²) >= 11 is 0. The number of carboxylic acids is 1. The molecule has 1 aliphatic rings. The summed E-state index contributed by atoms with van der Waals surface area (Å²) in [6.45, 7) is 10.3. The Bertz CT molecular complexity index is 1160. The van der Waals surface area contributed by atoms with Crippen LogP contribution < -0.4 is 10.1 Å². The number of hydrogen-bond acceptors (Lipinski definition) is 7. The number of aliphatic hydroxyl groups excluding tert-OH is 1. The molecular weight excluding hydrogens is 498 g/mol. The number of nitrogens with zero attached hydrogens (tertiary/aromatic N) is 2. The Kier molecular flexibility index (Phi) is 10.1. The highest BCUT2D eigenvalue weighted by Gasteiger charge is 2.28. The number of aromatic carboxylic acids is 1. The molecule has 2 aromatic rings. The van der Waals surface area contributed by atoms with Crippen molar-refractivity contribution in [3.8, 4) is 16.9 Å². The number of aliphatic hydroxyl groups is 1. The molecule has 0 spiro atoms. The molecule has 0 aliphatic carbocycles. The van der Waals surface area contributed by atoms with E-state index in [0.29, 0.717) is 43.1 Å². The Labute approximate surface area is 231 Å². The predicted molar refractivity (Wildman–Crippen MR) is 151 cm³/mol. The van der Waals surface area contributed by atoms with Crippen molar-refractivity contribution in [2.24, 2.45) is 11.3 Å². The average molecular weight is 542 g/mol. The fraction of sp³-hybridized carbons (Fsp3) is 0.533. The number of rotatable bonds is 11. The average Bonchev–Trinajstić information content (AvgIpc) is 3.31. The van der Waals surface area contributed by atoms with Crippen LogP contribution in [-0.4, -0.2) is 85.1 Å². The third-order valence-corrected chi connectivity index (χ3v) is 6.77. The van der Waals surface area contributed by atoms with Gasteiger partial charge in [-0.1, -0.05) is 39.0 Å². The summed E-state index contributed by atoms with van der Waals surface area (Å²) in [5.41, 5.74) is 2.40. The molecule has 39 heavy (non-hydrogen) atoms. The maximum absolute atomic E-state index is 13.4. The molecule has 9 nitrogen and oxygen atoms in total. The van der Waals surface area contributed by atoms with Crippen molar-refractivity contribution in [3.05, 3.63) is 53.1 Å². The van der Waals surface area contributed by atoms with Gasteiger partial charge in [0.05, 0.1) is 31.9 Å². The zero-order valence-corrected chi connectivity index (χ0v) is 24.2. The van der Waals surface area contributed by atoms with Crippen LogP contribution in [0.4, 0.5) is 0 Å². The van der Waals surface area contributed by atoms with Crippen LogP contribution in [0.15, 0.2) is 36.4 Å². The minimum atomic E-state index is -1.12. The summed E-state index contributed by atoms with van der Waals surface area (Å²) in [7, 11) is 5.49. The fourth-order valence-corrected chi connectivity index (χ4v) is 4.99. The Morgan fingerprint density at radius 2 is 1.90 bits per heavy atom. The highest BCUT2D eigenvalue weighted by atomic mass is 16.7. The number of carbonyl (C=O) groups is 2. The van der Waals surface area contributed by atoms with Crippen LogP contribution in [0, 0.1) is 11.3 Å². The molecule has 0 radical (unpaired) electrons. The molecule has 214 valence electrons. The number of nitrogens with one attached hydrogen (secondary N) is 1. The van der Waals surface area contributed by atoms with Gasteiger partial charge >= 0.3 is 5.97 Å². The molecule has 2 aromatic carbocycles. The summed E-state index contributed by atoms with van der Waals surface area (Å²) in [6.07, 6.45) is 0.305. The lowest BCUT2D eigenvalue weighted by molar-refractivity contribution is -0.118. The summed E-state index contributed by atoms with van der Waals surface area (Å²) in [6, 6.07) is 10.2. The van der Waals surface area contributed by atoms with Crippen LogP contribution in [0.2, 0.25) is 0 Å². The Hall–Kier alpha value is -2.98. The first-order chi connectivity index (χ1) is 18.3. The van der Waals surface area contributed by atoms with Crippen molar-refractivity contribution in [1.82, 2.24) is 15.3 Å². The zero-order chi connectivity index (χ0) is 28.9. The lowest BCUT2D eigenvalue weighted by Gasteiger charge is -2.29. The minimum Gasteiger partial charge on any atom is -0.496 e. The molecule has 3 atom stereocenters. The number of hydrogen-bond donors (Lipinski definition) is 3. The van der Waals surface area contributed by atoms with E-state index in [1.807, 2.05) is 37.2 Å². The Morgan fingerprint density at radius 1 is 1.21 bits per heavy atom. The quantitative estimate of drug-likeness (QED) is 0.393. The molecule has 1 heterocycles. The molecule has 1 saturated heterocycles. The van der Waals surface area contributed by atoms with Crippen molar-refractivity contribution in [1.29, 1.82) is 0 Å². The minimum absolute atomic E-state index is 0.00409. The van der Waals surface area contributed by atoms with Crippen LogP contribution in [0.1, 0.15) is 60.4 Å². The molecule has 0 saturated carbocycles. The number of hydroxylamine groups is 2. The van der Waals surface area contributed by atoms with E-state index in [9.17, 15) is 19.8 Å². The van der Waals surface area contributed by atoms with Gasteiger partial charge < -0.3 is 25.2 Å². The van der Waals surface area contributed by atoms with Gasteiger partial charge in [0.15, 0.2) is 0 Å². The van der Waals surface area contributed by atoms with E-state index >= 15 is 0 Å². The summed E-state index contributed by atoms with van der Waals surface area (Å²) < 4.78 is 5.79. The smallest absolute Gasteiger partial charge is 0.335 e. The van der Waals surface area contributed by atoms with Crippen molar-refractivity contribution in [2.75, 3.05) is 40.9 Å². The number of amides is 1. The topological polar surface area (TPSA) is 112 Å². The SMILES string of the molecule is COc1c(CN2C[C@H]([C@H](C)O)CO2)cccc1-c1cc(C(=O)O)cc(C(=O)N[C@H](CN(C)C)CC(C)(C)C)c1. The third kappa shape index (κ3) is 8.50. The van der Waals surface area contributed by atoms with Crippen LogP contribution in [0.5, 0.6) is 5.75 Å². The van der Waals surface area contributed by atoms with Gasteiger partial charge in [-0.05, 0) is 56.6 Å². The van der Waals surface area contributed by atoms with Crippen LogP contribution in [0.25, 0.3) is 11.1 Å². The van der Waals surface area contributed by atoms with E-state index in [4.69, 9.17) is 9.57 Å². The lowest BCUT2D eigenvalue weighted by atomic mass is 9.87. The molecular formula is C30H43N3O6. The molecule has 1 aliphatic heterocycles. The Balaban J connectivity index is 1.95. The summed E-state index contributed by atoms with van der Waals surface area (Å²) in [5.74, 6) is -0.828. The highest BCUT2D eigenvalue weighted by Crippen LogP contribution is 2.36. The van der Waals surface area contributed by atoms with Gasteiger partial charge in [-0.15, -0.1) is 0 Å². The molecule has 3 rings (SSSR count). The van der Waals surface area contributed by atoms with Crippen LogP contribution in [-0.2, 0) is 11.4 Å². The number of methoxy groups -OCH3 is 1. The maximum atomic E-state index is 13.4. The van der Waals surface area contributed by atoms with Crippen LogP contribution in [0.3, 0.4) is 0 Å². The molecule has 3 N–H and O–H groups in total. The molecule has 0 unspecified atom stereocenters. The number of carboxylic acid groups (broad SMARTS) is 1. The van der Waals surface area contributed by atoms with Gasteiger partial charge in [0, 0.05) is 41.7 Å². The van der Waals surface area contributed by atoms with Gasteiger partial charge in [0.2, 0.25) is 0 Å². The summed E-state index contributed by atoms with van der Waals surface area (Å²) in [4.78, 5) is 33.2. The monoisotopic (exact) mass is 541 g/mol. The fourth-order valence-electron chi connectivity index (χ4n) is 4.99. The first-order valence-corrected chi connectivity index (χ1v) is 13.3. The predicted octanol–water partition coefficient (Wildman–Crippen LogP) is 3.90. The van der Waals surface area contributed by atoms with Crippen LogP contribution >= 0.6 is 0 Å². The number of para-hydroxylation sites is 1. The summed E-state index contributed by atoms with van der Waals surface area (Å²) in [5, 5.41) is 24.7. The molecule has 1 fully saturated rings. The second kappa shape index (κ2) is 12.9. The third-order valence-electron chi connectivity index (χ3n) is 6.77. The van der Waals surface area contributed by atoms with E-state index < -0.39 is 12.1 Å².